The summed E-state index contributed by atoms with van der Waals surface area (Å²) < 4.78 is 0. The highest BCUT2D eigenvalue weighted by Gasteiger charge is 2.23. The molecule has 1 aliphatic heterocycles. The van der Waals surface area contributed by atoms with E-state index in [0.29, 0.717) is 13.0 Å². The second-order valence-corrected chi connectivity index (χ2v) is 5.75. The van der Waals surface area contributed by atoms with E-state index in [9.17, 15) is 9.59 Å². The minimum atomic E-state index is -0.141. The quantitative estimate of drug-likeness (QED) is 0.878. The molecule has 1 aliphatic rings. The number of carbonyl (C=O) groups is 2. The number of benzene rings is 1. The van der Waals surface area contributed by atoms with Crippen molar-refractivity contribution < 1.29 is 9.59 Å². The minimum absolute atomic E-state index is 0.141. The Hall–Kier alpha value is -2.04. The van der Waals surface area contributed by atoms with E-state index in [1.165, 1.54) is 5.56 Å². The van der Waals surface area contributed by atoms with Crippen LogP contribution in [0.15, 0.2) is 18.2 Å². The average molecular weight is 303 g/mol. The van der Waals surface area contributed by atoms with E-state index in [1.54, 1.807) is 0 Å². The smallest absolute Gasteiger partial charge is 0.315 e. The van der Waals surface area contributed by atoms with E-state index in [2.05, 4.69) is 16.7 Å². The van der Waals surface area contributed by atoms with Crippen molar-refractivity contribution in [2.24, 2.45) is 0 Å². The number of hydrogen-bond donors (Lipinski definition) is 2. The Labute approximate surface area is 132 Å². The molecule has 0 aliphatic carbocycles. The van der Waals surface area contributed by atoms with Gasteiger partial charge < -0.3 is 15.5 Å². The monoisotopic (exact) mass is 303 g/mol. The molecule has 0 fully saturated rings. The van der Waals surface area contributed by atoms with Gasteiger partial charge in [0.15, 0.2) is 0 Å². The molecule has 0 aromatic heterocycles. The molecule has 1 atom stereocenters. The molecule has 0 radical (unpaired) electrons. The Balaban J connectivity index is 1.95. The van der Waals surface area contributed by atoms with Crippen LogP contribution < -0.4 is 15.5 Å². The minimum Gasteiger partial charge on any atom is -0.336 e. The lowest BCUT2D eigenvalue weighted by atomic mass is 10.1. The van der Waals surface area contributed by atoms with Crippen LogP contribution in [0.25, 0.3) is 0 Å². The number of amides is 3. The van der Waals surface area contributed by atoms with Gasteiger partial charge in [-0.3, -0.25) is 4.79 Å². The van der Waals surface area contributed by atoms with Crippen LogP contribution in [0.4, 0.5) is 10.5 Å². The zero-order chi connectivity index (χ0) is 16.1. The van der Waals surface area contributed by atoms with Gasteiger partial charge >= 0.3 is 6.03 Å². The maximum atomic E-state index is 11.9. The van der Waals surface area contributed by atoms with E-state index >= 15 is 0 Å². The van der Waals surface area contributed by atoms with Gasteiger partial charge in [-0.15, -0.1) is 0 Å². The maximum absolute atomic E-state index is 11.9. The van der Waals surface area contributed by atoms with Crippen LogP contribution >= 0.6 is 0 Å². The summed E-state index contributed by atoms with van der Waals surface area (Å²) in [4.78, 5) is 25.4. The third-order valence-corrected chi connectivity index (χ3v) is 4.09. The summed E-state index contributed by atoms with van der Waals surface area (Å²) >= 11 is 0. The van der Waals surface area contributed by atoms with Crippen molar-refractivity contribution in [2.45, 2.75) is 52.6 Å². The lowest BCUT2D eigenvalue weighted by molar-refractivity contribution is -0.118. The van der Waals surface area contributed by atoms with Crippen LogP contribution in [-0.2, 0) is 17.8 Å². The van der Waals surface area contributed by atoms with Crippen LogP contribution in [0.2, 0.25) is 0 Å². The molecule has 1 aromatic rings. The molecule has 2 N–H and O–H groups in total. The summed E-state index contributed by atoms with van der Waals surface area (Å²) in [6, 6.07) is 6.08. The van der Waals surface area contributed by atoms with E-state index < -0.39 is 0 Å². The highest BCUT2D eigenvalue weighted by atomic mass is 16.2. The van der Waals surface area contributed by atoms with Crippen molar-refractivity contribution in [1.82, 2.24) is 10.6 Å². The van der Waals surface area contributed by atoms with Gasteiger partial charge in [-0.05, 0) is 37.0 Å². The second-order valence-electron chi connectivity index (χ2n) is 5.75. The van der Waals surface area contributed by atoms with Crippen LogP contribution in [0, 0.1) is 0 Å². The highest BCUT2D eigenvalue weighted by molar-refractivity contribution is 5.95. The van der Waals surface area contributed by atoms with Crippen molar-refractivity contribution in [3.05, 3.63) is 29.3 Å². The van der Waals surface area contributed by atoms with E-state index in [1.807, 2.05) is 37.8 Å². The number of anilines is 1. The van der Waals surface area contributed by atoms with Crippen molar-refractivity contribution in [3.8, 4) is 0 Å². The number of urea groups is 1. The third kappa shape index (κ3) is 3.78. The first-order chi connectivity index (χ1) is 10.5. The average Bonchev–Trinajstić information content (AvgIpc) is 2.95. The predicted octanol–water partition coefficient (Wildman–Crippen LogP) is 2.58. The van der Waals surface area contributed by atoms with E-state index in [0.717, 1.165) is 30.6 Å². The molecule has 22 heavy (non-hydrogen) atoms. The molecule has 120 valence electrons. The molecule has 5 heteroatoms. The molecular weight excluding hydrogens is 278 g/mol. The number of fused-ring (bicyclic) bond motifs is 1. The van der Waals surface area contributed by atoms with Crippen molar-refractivity contribution in [3.63, 3.8) is 0 Å². The van der Waals surface area contributed by atoms with Crippen molar-refractivity contribution in [1.29, 1.82) is 0 Å². The summed E-state index contributed by atoms with van der Waals surface area (Å²) in [7, 11) is 0. The normalized spacial score (nSPS) is 14.4. The molecule has 0 spiro atoms. The maximum Gasteiger partial charge on any atom is 0.315 e. The molecule has 0 saturated carbocycles. The molecule has 3 amide bonds. The lowest BCUT2D eigenvalue weighted by Crippen LogP contribution is -2.40. The number of nitrogens with zero attached hydrogens (tertiary/aromatic N) is 1. The van der Waals surface area contributed by atoms with Crippen molar-refractivity contribution >= 4 is 17.6 Å². The topological polar surface area (TPSA) is 61.4 Å². The van der Waals surface area contributed by atoms with Crippen LogP contribution in [0.5, 0.6) is 0 Å². The Morgan fingerprint density at radius 3 is 2.77 bits per heavy atom. The standard InChI is InChI=1S/C17H25N3O2/c1-4-12(3)19-17(22)18-11-13-6-7-15-14(10-13)8-9-20(15)16(21)5-2/h6-7,10,12H,4-5,8-9,11H2,1-3H3,(H2,18,19,22). The molecule has 1 aromatic carbocycles. The third-order valence-electron chi connectivity index (χ3n) is 4.09. The lowest BCUT2D eigenvalue weighted by Gasteiger charge is -2.17. The molecule has 2 rings (SSSR count). The number of rotatable bonds is 5. The number of nitrogens with one attached hydrogen (secondary N) is 2. The van der Waals surface area contributed by atoms with Gasteiger partial charge in [-0.25, -0.2) is 4.79 Å². The SMILES string of the molecule is CCC(=O)N1CCc2cc(CNC(=O)NC(C)CC)ccc21. The van der Waals surface area contributed by atoms with E-state index in [-0.39, 0.29) is 18.0 Å². The van der Waals surface area contributed by atoms with Gasteiger partial charge in [-0.2, -0.15) is 0 Å². The molecule has 0 bridgehead atoms. The molecule has 5 nitrogen and oxygen atoms in total. The summed E-state index contributed by atoms with van der Waals surface area (Å²) in [6.45, 7) is 7.16. The number of hydrogen-bond acceptors (Lipinski definition) is 2. The largest absolute Gasteiger partial charge is 0.336 e. The van der Waals surface area contributed by atoms with Crippen LogP contribution in [0.1, 0.15) is 44.7 Å². The second kappa shape index (κ2) is 7.29. The first-order valence-corrected chi connectivity index (χ1v) is 8.01. The predicted molar refractivity (Wildman–Crippen MR) is 87.9 cm³/mol. The van der Waals surface area contributed by atoms with Gasteiger partial charge in [0.25, 0.3) is 0 Å². The van der Waals surface area contributed by atoms with Crippen molar-refractivity contribution in [2.75, 3.05) is 11.4 Å². The fraction of sp³-hybridized carbons (Fsp3) is 0.529. The number of carbonyl (C=O) groups excluding carboxylic acids is 2. The summed E-state index contributed by atoms with van der Waals surface area (Å²) in [6.07, 6.45) is 2.32. The zero-order valence-electron chi connectivity index (χ0n) is 13.6. The van der Waals surface area contributed by atoms with Gasteiger partial charge in [0, 0.05) is 31.2 Å². The fourth-order valence-electron chi connectivity index (χ4n) is 2.57. The Morgan fingerprint density at radius 2 is 2.09 bits per heavy atom. The zero-order valence-corrected chi connectivity index (χ0v) is 13.6. The summed E-state index contributed by atoms with van der Waals surface area (Å²) in [5.74, 6) is 0.164. The van der Waals surface area contributed by atoms with E-state index in [4.69, 9.17) is 0 Å². The first-order valence-electron chi connectivity index (χ1n) is 8.01. The molecular formula is C17H25N3O2. The Bertz CT molecular complexity index is 557. The first kappa shape index (κ1) is 16.3. The van der Waals surface area contributed by atoms with Gasteiger partial charge in [0.1, 0.15) is 0 Å². The fourth-order valence-corrected chi connectivity index (χ4v) is 2.57. The highest BCUT2D eigenvalue weighted by Crippen LogP contribution is 2.29. The summed E-state index contributed by atoms with van der Waals surface area (Å²) in [5, 5.41) is 5.75. The van der Waals surface area contributed by atoms with Crippen LogP contribution in [0.3, 0.4) is 0 Å². The van der Waals surface area contributed by atoms with Gasteiger partial charge in [-0.1, -0.05) is 26.0 Å². The molecule has 1 heterocycles. The Kier molecular flexibility index (Phi) is 5.41. The van der Waals surface area contributed by atoms with Crippen LogP contribution in [-0.4, -0.2) is 24.5 Å². The van der Waals surface area contributed by atoms with Gasteiger partial charge in [0.05, 0.1) is 0 Å². The Morgan fingerprint density at radius 1 is 1.32 bits per heavy atom. The molecule has 1 unspecified atom stereocenters. The summed E-state index contributed by atoms with van der Waals surface area (Å²) in [5.41, 5.74) is 3.26. The van der Waals surface area contributed by atoms with Gasteiger partial charge in [0.2, 0.25) is 5.91 Å². The molecule has 0 saturated heterocycles.